The van der Waals surface area contributed by atoms with Gasteiger partial charge in [-0.05, 0) is 25.0 Å². The minimum atomic E-state index is -0.636. The fourth-order valence-corrected chi connectivity index (χ4v) is 7.69. The zero-order chi connectivity index (χ0) is 31.1. The van der Waals surface area contributed by atoms with Gasteiger partial charge in [0.25, 0.3) is 0 Å². The van der Waals surface area contributed by atoms with Gasteiger partial charge in [-0.3, -0.25) is 0 Å². The predicted molar refractivity (Wildman–Crippen MR) is 183 cm³/mol. The lowest BCUT2D eigenvalue weighted by atomic mass is 10.1. The van der Waals surface area contributed by atoms with E-state index in [2.05, 4.69) is 30.5 Å². The van der Waals surface area contributed by atoms with E-state index in [-0.39, 0.29) is 12.6 Å². The summed E-state index contributed by atoms with van der Waals surface area (Å²) in [5.41, 5.74) is 6.52. The van der Waals surface area contributed by atoms with Crippen LogP contribution in [0.15, 0.2) is 28.6 Å². The van der Waals surface area contributed by atoms with Crippen molar-refractivity contribution in [1.82, 2.24) is 20.5 Å². The summed E-state index contributed by atoms with van der Waals surface area (Å²) >= 11 is 3.09. The Morgan fingerprint density at radius 3 is 2.07 bits per heavy atom. The van der Waals surface area contributed by atoms with Gasteiger partial charge in [0.1, 0.15) is 5.37 Å². The summed E-state index contributed by atoms with van der Waals surface area (Å²) in [4.78, 5) is 32.5. The van der Waals surface area contributed by atoms with Crippen molar-refractivity contribution in [3.05, 3.63) is 24.3 Å². The van der Waals surface area contributed by atoms with E-state index in [1.807, 2.05) is 23.1 Å². The van der Waals surface area contributed by atoms with E-state index in [0.29, 0.717) is 13.1 Å². The third-order valence-corrected chi connectivity index (χ3v) is 10.1. The highest BCUT2D eigenvalue weighted by Gasteiger charge is 2.33. The molecule has 0 spiro atoms. The predicted octanol–water partition coefficient (Wildman–Crippen LogP) is 8.69. The van der Waals surface area contributed by atoms with Crippen LogP contribution in [0.3, 0.4) is 0 Å². The quantitative estimate of drug-likeness (QED) is 0.0574. The number of methoxy groups -OCH3 is 1. The molecule has 0 saturated heterocycles. The van der Waals surface area contributed by atoms with E-state index < -0.39 is 17.4 Å². The Hall–Kier alpha value is -2.04. The molecular formula is C33H57N5O3S2. The highest BCUT2D eigenvalue weighted by atomic mass is 32.2. The molecule has 0 aliphatic heterocycles. The van der Waals surface area contributed by atoms with Crippen molar-refractivity contribution < 1.29 is 14.3 Å². The normalized spacial score (nSPS) is 12.7. The van der Waals surface area contributed by atoms with Gasteiger partial charge in [0.15, 0.2) is 4.34 Å². The van der Waals surface area contributed by atoms with E-state index in [4.69, 9.17) is 15.5 Å². The average molecular weight is 636 g/mol. The van der Waals surface area contributed by atoms with Crippen molar-refractivity contribution in [3.63, 3.8) is 0 Å². The number of amides is 4. The van der Waals surface area contributed by atoms with Crippen molar-refractivity contribution >= 4 is 45.4 Å². The molecule has 2 unspecified atom stereocenters. The van der Waals surface area contributed by atoms with Crippen molar-refractivity contribution in [1.29, 1.82) is 0 Å². The minimum Gasteiger partial charge on any atom is -0.382 e. The number of nitrogens with zero attached hydrogens (tertiary/aromatic N) is 2. The van der Waals surface area contributed by atoms with Crippen LogP contribution in [-0.2, 0) is 4.74 Å². The lowest BCUT2D eigenvalue weighted by Gasteiger charge is -2.36. The third-order valence-electron chi connectivity index (χ3n) is 7.64. The molecule has 0 saturated carbocycles. The van der Waals surface area contributed by atoms with Crippen LogP contribution in [0.25, 0.3) is 10.2 Å². The number of carbonyl (C=O) groups excluding carboxylic acids is 2. The van der Waals surface area contributed by atoms with Gasteiger partial charge in [0.2, 0.25) is 0 Å². The van der Waals surface area contributed by atoms with Crippen molar-refractivity contribution in [2.75, 3.05) is 26.8 Å². The van der Waals surface area contributed by atoms with Crippen molar-refractivity contribution in [2.24, 2.45) is 5.73 Å². The van der Waals surface area contributed by atoms with Gasteiger partial charge in [0, 0.05) is 20.2 Å². The molecule has 0 aliphatic carbocycles. The monoisotopic (exact) mass is 635 g/mol. The SMILES string of the molecule is CCCCCCCCCCNC(=O)N(CCCCCCCCCC)C(Sc1nc2ccccc2s1)C(COC)NC(N)=O. The van der Waals surface area contributed by atoms with E-state index in [1.54, 1.807) is 18.4 Å². The van der Waals surface area contributed by atoms with E-state index >= 15 is 0 Å². The molecule has 8 nitrogen and oxygen atoms in total. The number of hydrogen-bond donors (Lipinski definition) is 3. The number of hydrogen-bond acceptors (Lipinski definition) is 6. The summed E-state index contributed by atoms with van der Waals surface area (Å²) in [6.45, 7) is 5.93. The average Bonchev–Trinajstić information content (AvgIpc) is 3.41. The Morgan fingerprint density at radius 1 is 0.907 bits per heavy atom. The number of thioether (sulfide) groups is 1. The summed E-state index contributed by atoms with van der Waals surface area (Å²) in [5, 5.41) is 5.60. The molecular weight excluding hydrogens is 579 g/mol. The van der Waals surface area contributed by atoms with Crippen LogP contribution in [0.4, 0.5) is 9.59 Å². The second kappa shape index (κ2) is 23.4. The molecule has 0 bridgehead atoms. The summed E-state index contributed by atoms with van der Waals surface area (Å²) in [6, 6.07) is 6.77. The molecule has 0 radical (unpaired) electrons. The molecule has 1 aromatic heterocycles. The Bertz CT molecular complexity index is 988. The highest BCUT2D eigenvalue weighted by molar-refractivity contribution is 8.01. The molecule has 0 aliphatic rings. The van der Waals surface area contributed by atoms with E-state index in [0.717, 1.165) is 46.7 Å². The van der Waals surface area contributed by atoms with Gasteiger partial charge in [0.05, 0.1) is 22.9 Å². The number of rotatable bonds is 25. The number of unbranched alkanes of at least 4 members (excludes halogenated alkanes) is 14. The number of thiazole rings is 1. The van der Waals surface area contributed by atoms with Gasteiger partial charge in [-0.1, -0.05) is 128 Å². The van der Waals surface area contributed by atoms with Crippen LogP contribution in [0.2, 0.25) is 0 Å². The number of para-hydroxylation sites is 1. The maximum atomic E-state index is 13.8. The first-order chi connectivity index (χ1) is 21.0. The number of nitrogens with one attached hydrogen (secondary N) is 2. The fraction of sp³-hybridized carbons (Fsp3) is 0.727. The zero-order valence-electron chi connectivity index (χ0n) is 26.9. The number of ether oxygens (including phenoxy) is 1. The third kappa shape index (κ3) is 15.5. The Kier molecular flexibility index (Phi) is 20.2. The van der Waals surface area contributed by atoms with Gasteiger partial charge in [-0.2, -0.15) is 0 Å². The van der Waals surface area contributed by atoms with Crippen LogP contribution in [0.5, 0.6) is 0 Å². The first-order valence-corrected chi connectivity index (χ1v) is 18.3. The van der Waals surface area contributed by atoms with Gasteiger partial charge in [-0.25, -0.2) is 14.6 Å². The number of carbonyl (C=O) groups is 2. The summed E-state index contributed by atoms with van der Waals surface area (Å²) in [7, 11) is 1.60. The topological polar surface area (TPSA) is 110 Å². The van der Waals surface area contributed by atoms with Crippen molar-refractivity contribution in [2.45, 2.75) is 132 Å². The number of aromatic nitrogens is 1. The molecule has 4 N–H and O–H groups in total. The molecule has 1 heterocycles. The number of nitrogens with two attached hydrogens (primary N) is 1. The van der Waals surface area contributed by atoms with Gasteiger partial charge in [-0.15, -0.1) is 11.3 Å². The molecule has 0 fully saturated rings. The molecule has 4 amide bonds. The summed E-state index contributed by atoms with van der Waals surface area (Å²) < 4.78 is 7.43. The first kappa shape index (κ1) is 37.1. The first-order valence-electron chi connectivity index (χ1n) is 16.6. The van der Waals surface area contributed by atoms with E-state index in [9.17, 15) is 9.59 Å². The highest BCUT2D eigenvalue weighted by Crippen LogP contribution is 2.35. The Balaban J connectivity index is 2.12. The number of benzene rings is 1. The maximum Gasteiger partial charge on any atom is 0.318 e. The molecule has 1 aromatic carbocycles. The molecule has 2 aromatic rings. The summed E-state index contributed by atoms with van der Waals surface area (Å²) in [6.07, 6.45) is 19.2. The molecule has 244 valence electrons. The van der Waals surface area contributed by atoms with Gasteiger partial charge < -0.3 is 26.0 Å². The number of urea groups is 2. The molecule has 2 atom stereocenters. The van der Waals surface area contributed by atoms with Crippen LogP contribution in [-0.4, -0.2) is 60.2 Å². The van der Waals surface area contributed by atoms with Crippen LogP contribution >= 0.6 is 23.1 Å². The number of fused-ring (bicyclic) bond motifs is 1. The smallest absolute Gasteiger partial charge is 0.318 e. The minimum absolute atomic E-state index is 0.114. The maximum absolute atomic E-state index is 13.8. The second-order valence-electron chi connectivity index (χ2n) is 11.4. The lowest BCUT2D eigenvalue weighted by molar-refractivity contribution is 0.132. The fourth-order valence-electron chi connectivity index (χ4n) is 5.24. The Morgan fingerprint density at radius 2 is 1.49 bits per heavy atom. The largest absolute Gasteiger partial charge is 0.382 e. The lowest BCUT2D eigenvalue weighted by Crippen LogP contribution is -2.57. The molecule has 2 rings (SSSR count). The van der Waals surface area contributed by atoms with Crippen LogP contribution in [0, 0.1) is 0 Å². The second-order valence-corrected chi connectivity index (χ2v) is 13.8. The van der Waals surface area contributed by atoms with Crippen LogP contribution in [0.1, 0.15) is 117 Å². The summed E-state index contributed by atoms with van der Waals surface area (Å²) in [5.74, 6) is 0. The molecule has 10 heteroatoms. The number of primary amides is 1. The molecule has 43 heavy (non-hydrogen) atoms. The van der Waals surface area contributed by atoms with Crippen LogP contribution < -0.4 is 16.4 Å². The zero-order valence-corrected chi connectivity index (χ0v) is 28.5. The van der Waals surface area contributed by atoms with Crippen molar-refractivity contribution in [3.8, 4) is 0 Å². The Labute approximate surface area is 268 Å². The standard InChI is InChI=1S/C33H57N5O3S2/c1-4-6-8-10-12-14-16-20-24-35-32(40)38(25-21-17-15-13-11-9-7-5-2)30(28(26-41-3)36-31(34)39)43-33-37-27-22-18-19-23-29(27)42-33/h18-19,22-23,28,30H,4-17,20-21,24-26H2,1-3H3,(H,35,40)(H3,34,36,39). The van der Waals surface area contributed by atoms with Gasteiger partial charge >= 0.3 is 12.1 Å². The van der Waals surface area contributed by atoms with E-state index in [1.165, 1.54) is 82.4 Å².